The van der Waals surface area contributed by atoms with Gasteiger partial charge in [0.25, 0.3) is 0 Å². The predicted molar refractivity (Wildman–Crippen MR) is 81.6 cm³/mol. The van der Waals surface area contributed by atoms with E-state index >= 15 is 0 Å². The lowest BCUT2D eigenvalue weighted by Gasteiger charge is -2.12. The molecular formula is C15H13BrO2S. The summed E-state index contributed by atoms with van der Waals surface area (Å²) in [6.07, 6.45) is 0.516. The van der Waals surface area contributed by atoms with Crippen LogP contribution in [0, 0.1) is 0 Å². The van der Waals surface area contributed by atoms with Crippen LogP contribution >= 0.6 is 27.7 Å². The van der Waals surface area contributed by atoms with Gasteiger partial charge in [-0.1, -0.05) is 46.3 Å². The molecule has 4 heteroatoms. The lowest BCUT2D eigenvalue weighted by molar-refractivity contribution is -0.136. The summed E-state index contributed by atoms with van der Waals surface area (Å²) in [6, 6.07) is 17.4. The Morgan fingerprint density at radius 2 is 1.74 bits per heavy atom. The van der Waals surface area contributed by atoms with Crippen molar-refractivity contribution in [1.29, 1.82) is 0 Å². The second-order valence-electron chi connectivity index (χ2n) is 4.09. The second kappa shape index (κ2) is 6.78. The summed E-state index contributed by atoms with van der Waals surface area (Å²) in [4.78, 5) is 12.3. The van der Waals surface area contributed by atoms with Crippen LogP contribution in [0.4, 0.5) is 0 Å². The third-order valence-corrected chi connectivity index (χ3v) is 4.36. The first-order valence-electron chi connectivity index (χ1n) is 5.84. The number of rotatable bonds is 5. The van der Waals surface area contributed by atoms with Crippen molar-refractivity contribution in [3.8, 4) is 0 Å². The Morgan fingerprint density at radius 3 is 2.32 bits per heavy atom. The zero-order chi connectivity index (χ0) is 13.7. The summed E-state index contributed by atoms with van der Waals surface area (Å²) in [6.45, 7) is 0. The van der Waals surface area contributed by atoms with Crippen LogP contribution in [0.1, 0.15) is 5.56 Å². The largest absolute Gasteiger partial charge is 0.480 e. The highest BCUT2D eigenvalue weighted by Crippen LogP contribution is 2.26. The molecule has 2 rings (SSSR count). The minimum Gasteiger partial charge on any atom is -0.480 e. The molecule has 0 aliphatic heterocycles. The zero-order valence-electron chi connectivity index (χ0n) is 10.1. The number of hydrogen-bond acceptors (Lipinski definition) is 2. The van der Waals surface area contributed by atoms with E-state index in [0.29, 0.717) is 6.42 Å². The van der Waals surface area contributed by atoms with Crippen molar-refractivity contribution >= 4 is 33.7 Å². The molecular weight excluding hydrogens is 324 g/mol. The van der Waals surface area contributed by atoms with Crippen molar-refractivity contribution in [2.24, 2.45) is 0 Å². The minimum atomic E-state index is -0.781. The molecule has 0 aliphatic carbocycles. The summed E-state index contributed by atoms with van der Waals surface area (Å²) < 4.78 is 0.999. The molecule has 1 atom stereocenters. The Labute approximate surface area is 125 Å². The molecule has 19 heavy (non-hydrogen) atoms. The Kier molecular flexibility index (Phi) is 5.05. The van der Waals surface area contributed by atoms with Gasteiger partial charge in [0.2, 0.25) is 0 Å². The van der Waals surface area contributed by atoms with Crippen LogP contribution < -0.4 is 0 Å². The monoisotopic (exact) mass is 336 g/mol. The molecule has 2 aromatic carbocycles. The molecule has 0 unspecified atom stereocenters. The maximum Gasteiger partial charge on any atom is 0.317 e. The van der Waals surface area contributed by atoms with Gasteiger partial charge in [-0.15, -0.1) is 11.8 Å². The van der Waals surface area contributed by atoms with Crippen molar-refractivity contribution in [1.82, 2.24) is 0 Å². The Morgan fingerprint density at radius 1 is 1.11 bits per heavy atom. The van der Waals surface area contributed by atoms with Gasteiger partial charge in [0.15, 0.2) is 0 Å². The number of carboxylic acid groups (broad SMARTS) is 1. The normalized spacial score (nSPS) is 12.1. The summed E-state index contributed by atoms with van der Waals surface area (Å²) in [5.41, 5.74) is 1.03. The first-order valence-corrected chi connectivity index (χ1v) is 7.51. The fourth-order valence-corrected chi connectivity index (χ4v) is 2.96. The fraction of sp³-hybridized carbons (Fsp3) is 0.133. The van der Waals surface area contributed by atoms with E-state index in [0.717, 1.165) is 14.9 Å². The second-order valence-corrected chi connectivity index (χ2v) is 6.28. The maximum atomic E-state index is 11.3. The molecule has 0 aromatic heterocycles. The highest BCUT2D eigenvalue weighted by molar-refractivity contribution is 9.10. The van der Waals surface area contributed by atoms with E-state index in [9.17, 15) is 9.90 Å². The number of thioether (sulfide) groups is 1. The van der Waals surface area contributed by atoms with E-state index in [1.807, 2.05) is 54.6 Å². The highest BCUT2D eigenvalue weighted by Gasteiger charge is 2.19. The number of carbonyl (C=O) groups is 1. The Balaban J connectivity index is 2.08. The smallest absolute Gasteiger partial charge is 0.317 e. The summed E-state index contributed by atoms with van der Waals surface area (Å²) in [5, 5.41) is 8.85. The van der Waals surface area contributed by atoms with Gasteiger partial charge in [-0.25, -0.2) is 0 Å². The first-order chi connectivity index (χ1) is 9.15. The summed E-state index contributed by atoms with van der Waals surface area (Å²) in [5.74, 6) is -0.781. The number of carboxylic acids is 1. The quantitative estimate of drug-likeness (QED) is 0.830. The zero-order valence-corrected chi connectivity index (χ0v) is 12.5. The van der Waals surface area contributed by atoms with E-state index in [1.165, 1.54) is 11.8 Å². The summed E-state index contributed by atoms with van der Waals surface area (Å²) >= 11 is 4.76. The number of hydrogen-bond donors (Lipinski definition) is 1. The van der Waals surface area contributed by atoms with Crippen molar-refractivity contribution in [3.05, 3.63) is 64.6 Å². The van der Waals surface area contributed by atoms with Crippen LogP contribution in [0.25, 0.3) is 0 Å². The third-order valence-electron chi connectivity index (χ3n) is 2.63. The van der Waals surface area contributed by atoms with Crippen LogP contribution in [0.3, 0.4) is 0 Å². The van der Waals surface area contributed by atoms with Gasteiger partial charge in [0.05, 0.1) is 0 Å². The third kappa shape index (κ3) is 4.40. The van der Waals surface area contributed by atoms with Crippen molar-refractivity contribution < 1.29 is 9.90 Å². The topological polar surface area (TPSA) is 37.3 Å². The van der Waals surface area contributed by atoms with Gasteiger partial charge in [-0.05, 0) is 36.2 Å². The molecule has 2 nitrogen and oxygen atoms in total. The van der Waals surface area contributed by atoms with Crippen LogP contribution in [0.15, 0.2) is 64.0 Å². The first kappa shape index (κ1) is 14.2. The highest BCUT2D eigenvalue weighted by atomic mass is 79.9. The fourth-order valence-electron chi connectivity index (χ4n) is 1.68. The van der Waals surface area contributed by atoms with Crippen molar-refractivity contribution in [3.63, 3.8) is 0 Å². The molecule has 0 heterocycles. The van der Waals surface area contributed by atoms with Gasteiger partial charge in [-0.2, -0.15) is 0 Å². The Bertz CT molecular complexity index is 540. The van der Waals surface area contributed by atoms with Crippen LogP contribution in [-0.4, -0.2) is 16.3 Å². The molecule has 0 saturated carbocycles. The Hall–Kier alpha value is -1.26. The van der Waals surface area contributed by atoms with E-state index in [4.69, 9.17) is 0 Å². The lowest BCUT2D eigenvalue weighted by Crippen LogP contribution is -2.19. The SMILES string of the molecule is O=C(O)[C@@H](Cc1ccc(Br)cc1)Sc1ccccc1. The maximum absolute atomic E-state index is 11.3. The van der Waals surface area contributed by atoms with E-state index in [1.54, 1.807) is 0 Å². The molecule has 0 amide bonds. The number of aliphatic carboxylic acids is 1. The molecule has 2 aromatic rings. The molecule has 1 N–H and O–H groups in total. The number of halogens is 1. The average molecular weight is 337 g/mol. The van der Waals surface area contributed by atoms with E-state index in [2.05, 4.69) is 15.9 Å². The molecule has 0 spiro atoms. The van der Waals surface area contributed by atoms with Crippen LogP contribution in [0.2, 0.25) is 0 Å². The average Bonchev–Trinajstić information content (AvgIpc) is 2.41. The van der Waals surface area contributed by atoms with Gasteiger partial charge < -0.3 is 5.11 Å². The van der Waals surface area contributed by atoms with Gasteiger partial charge in [0.1, 0.15) is 5.25 Å². The number of benzene rings is 2. The van der Waals surface area contributed by atoms with Crippen molar-refractivity contribution in [2.45, 2.75) is 16.6 Å². The van der Waals surface area contributed by atoms with Gasteiger partial charge >= 0.3 is 5.97 Å². The van der Waals surface area contributed by atoms with Crippen molar-refractivity contribution in [2.75, 3.05) is 0 Å². The van der Waals surface area contributed by atoms with Gasteiger partial charge in [0, 0.05) is 9.37 Å². The molecule has 0 saturated heterocycles. The van der Waals surface area contributed by atoms with Crippen LogP contribution in [-0.2, 0) is 11.2 Å². The minimum absolute atomic E-state index is 0.469. The standard InChI is InChI=1S/C15H13BrO2S/c16-12-8-6-11(7-9-12)10-14(15(17)18)19-13-4-2-1-3-5-13/h1-9,14H,10H2,(H,17,18)/t14-/m1/s1. The molecule has 0 bridgehead atoms. The summed E-state index contributed by atoms with van der Waals surface area (Å²) in [7, 11) is 0. The molecule has 0 aliphatic rings. The van der Waals surface area contributed by atoms with Gasteiger partial charge in [-0.3, -0.25) is 4.79 Å². The van der Waals surface area contributed by atoms with E-state index in [-0.39, 0.29) is 0 Å². The van der Waals surface area contributed by atoms with Crippen LogP contribution in [0.5, 0.6) is 0 Å². The molecule has 0 fully saturated rings. The molecule has 98 valence electrons. The lowest BCUT2D eigenvalue weighted by atomic mass is 10.1. The van der Waals surface area contributed by atoms with E-state index < -0.39 is 11.2 Å². The molecule has 0 radical (unpaired) electrons. The predicted octanol–water partition coefficient (Wildman–Crippen LogP) is 4.24.